The van der Waals surface area contributed by atoms with Crippen LogP contribution in [-0.4, -0.2) is 24.2 Å². The van der Waals surface area contributed by atoms with Gasteiger partial charge in [-0.05, 0) is 50.1 Å². The molecule has 0 unspecified atom stereocenters. The third-order valence-electron chi connectivity index (χ3n) is 3.61. The molecule has 1 amide bonds. The van der Waals surface area contributed by atoms with Crippen molar-refractivity contribution in [1.82, 2.24) is 0 Å². The summed E-state index contributed by atoms with van der Waals surface area (Å²) < 4.78 is 4.75. The first-order valence-electron chi connectivity index (χ1n) is 7.64. The summed E-state index contributed by atoms with van der Waals surface area (Å²) in [6, 6.07) is 13.2. The lowest BCUT2D eigenvalue weighted by Crippen LogP contribution is -2.17. The van der Waals surface area contributed by atoms with E-state index in [1.807, 2.05) is 50.2 Å². The minimum Gasteiger partial charge on any atom is -0.468 e. The Labute approximate surface area is 146 Å². The Bertz CT molecular complexity index is 758. The average molecular weight is 343 g/mol. The maximum Gasteiger partial charge on any atom is 0.318 e. The van der Waals surface area contributed by atoms with Crippen LogP contribution in [0.1, 0.15) is 28.4 Å². The fourth-order valence-corrected chi connectivity index (χ4v) is 3.24. The van der Waals surface area contributed by atoms with Gasteiger partial charge < -0.3 is 10.1 Å². The summed E-state index contributed by atoms with van der Waals surface area (Å²) >= 11 is 1.31. The number of rotatable bonds is 5. The predicted octanol–water partition coefficient (Wildman–Crippen LogP) is 4.21. The summed E-state index contributed by atoms with van der Waals surface area (Å²) in [4.78, 5) is 25.1. The lowest BCUT2D eigenvalue weighted by molar-refractivity contribution is -0.139. The molecule has 0 fully saturated rings. The minimum atomic E-state index is -0.385. The van der Waals surface area contributed by atoms with Gasteiger partial charge in [-0.3, -0.25) is 9.59 Å². The molecule has 0 saturated heterocycles. The van der Waals surface area contributed by atoms with Crippen LogP contribution in [-0.2, 0) is 9.53 Å². The lowest BCUT2D eigenvalue weighted by atomic mass is 10.1. The van der Waals surface area contributed by atoms with Gasteiger partial charge in [0.15, 0.2) is 0 Å². The van der Waals surface area contributed by atoms with Gasteiger partial charge in [0.05, 0.1) is 12.7 Å². The highest BCUT2D eigenvalue weighted by molar-refractivity contribution is 8.00. The summed E-state index contributed by atoms with van der Waals surface area (Å²) in [5.41, 5.74) is 3.42. The molecular weight excluding hydrogens is 322 g/mol. The van der Waals surface area contributed by atoms with E-state index in [0.717, 1.165) is 21.7 Å². The number of thioether (sulfide) groups is 1. The number of esters is 1. The second-order valence-corrected chi connectivity index (χ2v) is 6.93. The largest absolute Gasteiger partial charge is 0.468 e. The second-order valence-electron chi connectivity index (χ2n) is 5.55. The van der Waals surface area contributed by atoms with E-state index < -0.39 is 0 Å². The molecule has 24 heavy (non-hydrogen) atoms. The Morgan fingerprint density at radius 1 is 1.12 bits per heavy atom. The Kier molecular flexibility index (Phi) is 6.04. The summed E-state index contributed by atoms with van der Waals surface area (Å²) in [7, 11) is 1.36. The van der Waals surface area contributed by atoms with Gasteiger partial charge in [0, 0.05) is 10.6 Å². The first-order chi connectivity index (χ1) is 11.4. The zero-order valence-corrected chi connectivity index (χ0v) is 15.1. The molecule has 5 heteroatoms. The quantitative estimate of drug-likeness (QED) is 0.653. The molecule has 0 aliphatic rings. The van der Waals surface area contributed by atoms with E-state index in [9.17, 15) is 9.59 Å². The molecule has 1 atom stereocenters. The van der Waals surface area contributed by atoms with E-state index in [-0.39, 0.29) is 17.1 Å². The second kappa shape index (κ2) is 8.02. The molecule has 126 valence electrons. The standard InChI is InChI=1S/C19H21NO3S/c1-12-9-10-13(2)16(11-12)20-18(21)15-7-5-6-8-17(15)24-14(3)19(22)23-4/h5-11,14H,1-4H3,(H,20,21)/t14-/m1/s1. The number of methoxy groups -OCH3 is 1. The fraction of sp³-hybridized carbons (Fsp3) is 0.263. The van der Waals surface area contributed by atoms with Crippen molar-refractivity contribution in [3.63, 3.8) is 0 Å². The third kappa shape index (κ3) is 4.38. The zero-order valence-electron chi connectivity index (χ0n) is 14.3. The normalized spacial score (nSPS) is 11.7. The van der Waals surface area contributed by atoms with Crippen molar-refractivity contribution in [1.29, 1.82) is 0 Å². The van der Waals surface area contributed by atoms with E-state index in [0.29, 0.717) is 5.56 Å². The topological polar surface area (TPSA) is 55.4 Å². The van der Waals surface area contributed by atoms with Crippen molar-refractivity contribution in [3.8, 4) is 0 Å². The summed E-state index contributed by atoms with van der Waals surface area (Å²) in [6.07, 6.45) is 0. The minimum absolute atomic E-state index is 0.191. The number of hydrogen-bond donors (Lipinski definition) is 1. The van der Waals surface area contributed by atoms with Gasteiger partial charge in [-0.2, -0.15) is 0 Å². The van der Waals surface area contributed by atoms with E-state index in [1.54, 1.807) is 13.0 Å². The lowest BCUT2D eigenvalue weighted by Gasteiger charge is -2.14. The smallest absolute Gasteiger partial charge is 0.318 e. The zero-order chi connectivity index (χ0) is 17.7. The van der Waals surface area contributed by atoms with Crippen molar-refractivity contribution in [2.24, 2.45) is 0 Å². The maximum atomic E-state index is 12.7. The molecular formula is C19H21NO3S. The number of anilines is 1. The molecule has 2 aromatic rings. The van der Waals surface area contributed by atoms with Crippen molar-refractivity contribution in [2.45, 2.75) is 30.9 Å². The molecule has 1 N–H and O–H groups in total. The molecule has 2 aromatic carbocycles. The summed E-state index contributed by atoms with van der Waals surface area (Å²) in [5.74, 6) is -0.506. The van der Waals surface area contributed by atoms with Gasteiger partial charge in [-0.1, -0.05) is 24.3 Å². The van der Waals surface area contributed by atoms with Crippen LogP contribution < -0.4 is 5.32 Å². The number of hydrogen-bond acceptors (Lipinski definition) is 4. The summed E-state index contributed by atoms with van der Waals surface area (Å²) in [6.45, 7) is 5.70. The monoisotopic (exact) mass is 343 g/mol. The molecule has 0 spiro atoms. The number of aryl methyl sites for hydroxylation is 2. The van der Waals surface area contributed by atoms with Crippen LogP contribution in [0.2, 0.25) is 0 Å². The molecule has 0 aliphatic heterocycles. The molecule has 2 rings (SSSR count). The van der Waals surface area contributed by atoms with Crippen LogP contribution in [0.25, 0.3) is 0 Å². The molecule has 0 bridgehead atoms. The Morgan fingerprint density at radius 3 is 2.54 bits per heavy atom. The van der Waals surface area contributed by atoms with Gasteiger partial charge >= 0.3 is 5.97 Å². The number of carbonyl (C=O) groups is 2. The molecule has 0 aromatic heterocycles. The first kappa shape index (κ1) is 18.1. The van der Waals surface area contributed by atoms with E-state index in [1.165, 1.54) is 18.9 Å². The SMILES string of the molecule is COC(=O)[C@@H](C)Sc1ccccc1C(=O)Nc1cc(C)ccc1C. The van der Waals surface area contributed by atoms with Crippen LogP contribution in [0.4, 0.5) is 5.69 Å². The number of amides is 1. The first-order valence-corrected chi connectivity index (χ1v) is 8.52. The molecule has 0 heterocycles. The van der Waals surface area contributed by atoms with Gasteiger partial charge in [0.25, 0.3) is 5.91 Å². The summed E-state index contributed by atoms with van der Waals surface area (Å²) in [5, 5.41) is 2.57. The van der Waals surface area contributed by atoms with Crippen LogP contribution in [0.3, 0.4) is 0 Å². The Hall–Kier alpha value is -2.27. The highest BCUT2D eigenvalue weighted by atomic mass is 32.2. The molecule has 0 saturated carbocycles. The number of nitrogens with one attached hydrogen (secondary N) is 1. The Balaban J connectivity index is 2.23. The van der Waals surface area contributed by atoms with Crippen molar-refractivity contribution in [2.75, 3.05) is 12.4 Å². The highest BCUT2D eigenvalue weighted by Gasteiger charge is 2.19. The van der Waals surface area contributed by atoms with E-state index >= 15 is 0 Å². The number of benzene rings is 2. The predicted molar refractivity (Wildman–Crippen MR) is 97.6 cm³/mol. The highest BCUT2D eigenvalue weighted by Crippen LogP contribution is 2.28. The van der Waals surface area contributed by atoms with Crippen LogP contribution in [0.15, 0.2) is 47.4 Å². The van der Waals surface area contributed by atoms with Crippen LogP contribution >= 0.6 is 11.8 Å². The van der Waals surface area contributed by atoms with Gasteiger partial charge in [-0.15, -0.1) is 11.8 Å². The van der Waals surface area contributed by atoms with E-state index in [2.05, 4.69) is 5.32 Å². The van der Waals surface area contributed by atoms with Crippen molar-refractivity contribution < 1.29 is 14.3 Å². The fourth-order valence-electron chi connectivity index (χ4n) is 2.22. The number of carbonyl (C=O) groups excluding carboxylic acids is 2. The Morgan fingerprint density at radius 2 is 1.83 bits per heavy atom. The van der Waals surface area contributed by atoms with Crippen molar-refractivity contribution >= 4 is 29.3 Å². The number of ether oxygens (including phenoxy) is 1. The van der Waals surface area contributed by atoms with Crippen molar-refractivity contribution in [3.05, 3.63) is 59.2 Å². The van der Waals surface area contributed by atoms with Crippen LogP contribution in [0, 0.1) is 13.8 Å². The molecule has 0 aliphatic carbocycles. The van der Waals surface area contributed by atoms with E-state index in [4.69, 9.17) is 4.74 Å². The van der Waals surface area contributed by atoms with Gasteiger partial charge in [0.2, 0.25) is 0 Å². The van der Waals surface area contributed by atoms with Crippen LogP contribution in [0.5, 0.6) is 0 Å². The average Bonchev–Trinajstić information content (AvgIpc) is 2.57. The third-order valence-corrected chi connectivity index (χ3v) is 4.77. The van der Waals surface area contributed by atoms with Gasteiger partial charge in [-0.25, -0.2) is 0 Å². The van der Waals surface area contributed by atoms with Gasteiger partial charge in [0.1, 0.15) is 5.25 Å². The molecule has 0 radical (unpaired) electrons. The maximum absolute atomic E-state index is 12.7. The molecule has 4 nitrogen and oxygen atoms in total.